The number of ether oxygens (including phenoxy) is 1. The molecule has 1 aromatic heterocycles. The standard InChI is InChI=1S/C23H19NO2/c1-17-2-6-19(7-3-17)20-10-12-22(13-11-20)26-16-18-4-8-21(9-5-18)23-24-14-15-25-23/h2-15H,16H2,1H3. The summed E-state index contributed by atoms with van der Waals surface area (Å²) in [5, 5.41) is 0. The van der Waals surface area contributed by atoms with Gasteiger partial charge in [-0.15, -0.1) is 0 Å². The molecule has 128 valence electrons. The maximum Gasteiger partial charge on any atom is 0.225 e. The molecule has 0 fully saturated rings. The molecule has 0 N–H and O–H groups in total. The number of hydrogen-bond donors (Lipinski definition) is 0. The average molecular weight is 341 g/mol. The van der Waals surface area contributed by atoms with Gasteiger partial charge in [0.2, 0.25) is 5.89 Å². The maximum absolute atomic E-state index is 5.89. The molecule has 3 heteroatoms. The quantitative estimate of drug-likeness (QED) is 0.453. The van der Waals surface area contributed by atoms with Crippen LogP contribution < -0.4 is 4.74 Å². The van der Waals surface area contributed by atoms with Crippen LogP contribution in [0.1, 0.15) is 11.1 Å². The van der Waals surface area contributed by atoms with Crippen LogP contribution in [0.15, 0.2) is 89.7 Å². The molecule has 0 aliphatic heterocycles. The van der Waals surface area contributed by atoms with E-state index in [1.165, 1.54) is 16.7 Å². The first kappa shape index (κ1) is 16.2. The molecule has 4 rings (SSSR count). The van der Waals surface area contributed by atoms with Crippen molar-refractivity contribution in [3.05, 3.63) is 96.4 Å². The highest BCUT2D eigenvalue weighted by Crippen LogP contribution is 2.24. The SMILES string of the molecule is Cc1ccc(-c2ccc(OCc3ccc(-c4ncco4)cc3)cc2)cc1. The van der Waals surface area contributed by atoms with Crippen molar-refractivity contribution in [1.29, 1.82) is 0 Å². The van der Waals surface area contributed by atoms with Gasteiger partial charge in [0.1, 0.15) is 18.6 Å². The first-order chi connectivity index (χ1) is 12.8. The maximum atomic E-state index is 5.89. The van der Waals surface area contributed by atoms with E-state index in [9.17, 15) is 0 Å². The summed E-state index contributed by atoms with van der Waals surface area (Å²) in [6.45, 7) is 2.62. The largest absolute Gasteiger partial charge is 0.489 e. The van der Waals surface area contributed by atoms with Crippen molar-refractivity contribution in [1.82, 2.24) is 4.98 Å². The van der Waals surface area contributed by atoms with E-state index < -0.39 is 0 Å². The number of benzene rings is 3. The van der Waals surface area contributed by atoms with E-state index in [1.54, 1.807) is 12.5 Å². The Kier molecular flexibility index (Phi) is 4.52. The van der Waals surface area contributed by atoms with E-state index in [0.29, 0.717) is 12.5 Å². The summed E-state index contributed by atoms with van der Waals surface area (Å²) in [7, 11) is 0. The Morgan fingerprint density at radius 2 is 1.38 bits per heavy atom. The van der Waals surface area contributed by atoms with Crippen molar-refractivity contribution in [2.45, 2.75) is 13.5 Å². The zero-order valence-electron chi connectivity index (χ0n) is 14.6. The Morgan fingerprint density at radius 3 is 2.00 bits per heavy atom. The topological polar surface area (TPSA) is 35.3 Å². The minimum absolute atomic E-state index is 0.524. The third-order valence-electron chi connectivity index (χ3n) is 4.28. The van der Waals surface area contributed by atoms with Crippen LogP contribution in [0.2, 0.25) is 0 Å². The Balaban J connectivity index is 1.39. The predicted octanol–water partition coefficient (Wildman–Crippen LogP) is 5.90. The Bertz CT molecular complexity index is 954. The summed E-state index contributed by atoms with van der Waals surface area (Å²) in [5.41, 5.74) is 5.73. The van der Waals surface area contributed by atoms with Crippen LogP contribution in [0.25, 0.3) is 22.6 Å². The minimum atomic E-state index is 0.524. The van der Waals surface area contributed by atoms with Crippen LogP contribution in [0, 0.1) is 6.92 Å². The van der Waals surface area contributed by atoms with Gasteiger partial charge in [-0.25, -0.2) is 4.98 Å². The Morgan fingerprint density at radius 1 is 0.769 bits per heavy atom. The first-order valence-electron chi connectivity index (χ1n) is 8.57. The predicted molar refractivity (Wildman–Crippen MR) is 103 cm³/mol. The molecule has 0 aliphatic carbocycles. The Hall–Kier alpha value is -3.33. The molecule has 0 aliphatic rings. The Labute approximate surface area is 152 Å². The molecule has 0 atom stereocenters. The highest BCUT2D eigenvalue weighted by Gasteiger charge is 2.03. The zero-order chi connectivity index (χ0) is 17.8. The summed E-state index contributed by atoms with van der Waals surface area (Å²) in [6.07, 6.45) is 3.22. The van der Waals surface area contributed by atoms with Gasteiger partial charge in [-0.2, -0.15) is 0 Å². The molecule has 26 heavy (non-hydrogen) atoms. The molecule has 0 saturated carbocycles. The number of hydrogen-bond acceptors (Lipinski definition) is 3. The molecule has 0 spiro atoms. The van der Waals surface area contributed by atoms with E-state index in [-0.39, 0.29) is 0 Å². The van der Waals surface area contributed by atoms with E-state index >= 15 is 0 Å². The molecule has 0 radical (unpaired) electrons. The highest BCUT2D eigenvalue weighted by atomic mass is 16.5. The van der Waals surface area contributed by atoms with Crippen molar-refractivity contribution >= 4 is 0 Å². The van der Waals surface area contributed by atoms with E-state index in [0.717, 1.165) is 16.9 Å². The lowest BCUT2D eigenvalue weighted by Gasteiger charge is -2.08. The molecular formula is C23H19NO2. The van der Waals surface area contributed by atoms with Crippen LogP contribution >= 0.6 is 0 Å². The van der Waals surface area contributed by atoms with Gasteiger partial charge in [0.25, 0.3) is 0 Å². The lowest BCUT2D eigenvalue weighted by molar-refractivity contribution is 0.306. The van der Waals surface area contributed by atoms with E-state index in [1.807, 2.05) is 36.4 Å². The molecule has 0 unspecified atom stereocenters. The number of aromatic nitrogens is 1. The van der Waals surface area contributed by atoms with E-state index in [2.05, 4.69) is 48.3 Å². The van der Waals surface area contributed by atoms with Crippen LogP contribution in [0.5, 0.6) is 5.75 Å². The highest BCUT2D eigenvalue weighted by molar-refractivity contribution is 5.64. The number of rotatable bonds is 5. The normalized spacial score (nSPS) is 10.7. The average Bonchev–Trinajstić information content (AvgIpc) is 3.23. The fourth-order valence-corrected chi connectivity index (χ4v) is 2.77. The molecule has 1 heterocycles. The first-order valence-corrected chi connectivity index (χ1v) is 8.57. The minimum Gasteiger partial charge on any atom is -0.489 e. The van der Waals surface area contributed by atoms with Crippen LogP contribution in [-0.2, 0) is 6.61 Å². The van der Waals surface area contributed by atoms with Crippen molar-refractivity contribution in [3.8, 4) is 28.3 Å². The third-order valence-corrected chi connectivity index (χ3v) is 4.28. The second-order valence-corrected chi connectivity index (χ2v) is 6.21. The fraction of sp³-hybridized carbons (Fsp3) is 0.0870. The van der Waals surface area contributed by atoms with Gasteiger partial charge in [-0.3, -0.25) is 0 Å². The summed E-state index contributed by atoms with van der Waals surface area (Å²) in [4.78, 5) is 4.15. The number of nitrogens with zero attached hydrogens (tertiary/aromatic N) is 1. The van der Waals surface area contributed by atoms with Gasteiger partial charge in [0, 0.05) is 5.56 Å². The number of aryl methyl sites for hydroxylation is 1. The van der Waals surface area contributed by atoms with Crippen molar-refractivity contribution < 1.29 is 9.15 Å². The van der Waals surface area contributed by atoms with Crippen LogP contribution in [0.4, 0.5) is 0 Å². The smallest absolute Gasteiger partial charge is 0.225 e. The van der Waals surface area contributed by atoms with Crippen molar-refractivity contribution in [2.24, 2.45) is 0 Å². The summed E-state index contributed by atoms with van der Waals surface area (Å²) < 4.78 is 11.2. The van der Waals surface area contributed by atoms with Crippen molar-refractivity contribution in [3.63, 3.8) is 0 Å². The summed E-state index contributed by atoms with van der Waals surface area (Å²) >= 11 is 0. The zero-order valence-corrected chi connectivity index (χ0v) is 14.6. The molecular weight excluding hydrogens is 322 g/mol. The second-order valence-electron chi connectivity index (χ2n) is 6.21. The lowest BCUT2D eigenvalue weighted by atomic mass is 10.0. The van der Waals surface area contributed by atoms with Crippen molar-refractivity contribution in [2.75, 3.05) is 0 Å². The van der Waals surface area contributed by atoms with Crippen LogP contribution in [0.3, 0.4) is 0 Å². The van der Waals surface area contributed by atoms with Gasteiger partial charge in [0.05, 0.1) is 6.20 Å². The lowest BCUT2D eigenvalue weighted by Crippen LogP contribution is -1.95. The molecule has 0 amide bonds. The molecule has 0 saturated heterocycles. The molecule has 0 bridgehead atoms. The molecule has 4 aromatic rings. The third kappa shape index (κ3) is 3.67. The molecule has 3 nitrogen and oxygen atoms in total. The van der Waals surface area contributed by atoms with Gasteiger partial charge in [-0.1, -0.05) is 54.1 Å². The van der Waals surface area contributed by atoms with Gasteiger partial charge >= 0.3 is 0 Å². The molecule has 3 aromatic carbocycles. The monoisotopic (exact) mass is 341 g/mol. The van der Waals surface area contributed by atoms with Gasteiger partial charge in [-0.05, 0) is 47.9 Å². The summed E-state index contributed by atoms with van der Waals surface area (Å²) in [6, 6.07) is 24.8. The van der Waals surface area contributed by atoms with Gasteiger partial charge < -0.3 is 9.15 Å². The second kappa shape index (κ2) is 7.28. The number of oxazole rings is 1. The fourth-order valence-electron chi connectivity index (χ4n) is 2.77. The summed E-state index contributed by atoms with van der Waals surface area (Å²) in [5.74, 6) is 1.49. The van der Waals surface area contributed by atoms with Gasteiger partial charge in [0.15, 0.2) is 0 Å². The van der Waals surface area contributed by atoms with Crippen LogP contribution in [-0.4, -0.2) is 4.98 Å². The van der Waals surface area contributed by atoms with E-state index in [4.69, 9.17) is 9.15 Å².